The number of hydrogen-bond acceptors (Lipinski definition) is 4. The fourth-order valence-electron chi connectivity index (χ4n) is 3.32. The number of amides is 1. The Balaban J connectivity index is 1.23. The summed E-state index contributed by atoms with van der Waals surface area (Å²) in [6, 6.07) is 16.3. The van der Waals surface area contributed by atoms with Gasteiger partial charge in [-0.25, -0.2) is 9.37 Å². The third-order valence-electron chi connectivity index (χ3n) is 5.03. The second-order valence-corrected chi connectivity index (χ2v) is 8.39. The summed E-state index contributed by atoms with van der Waals surface area (Å²) < 4.78 is 14.2. The van der Waals surface area contributed by atoms with Gasteiger partial charge in [-0.05, 0) is 55.3 Å². The van der Waals surface area contributed by atoms with Gasteiger partial charge in [-0.3, -0.25) is 9.89 Å². The summed E-state index contributed by atoms with van der Waals surface area (Å²) in [5.74, 6) is -0.129. The maximum Gasteiger partial charge on any atom is 0.222 e. The van der Waals surface area contributed by atoms with Crippen molar-refractivity contribution in [1.82, 2.24) is 20.1 Å². The molecule has 1 N–H and O–H groups in total. The van der Waals surface area contributed by atoms with Crippen molar-refractivity contribution in [3.05, 3.63) is 71.1 Å². The molecular weight excluding hydrogens is 399 g/mol. The Morgan fingerprint density at radius 2 is 1.93 bits per heavy atom. The van der Waals surface area contributed by atoms with E-state index in [1.807, 2.05) is 31.3 Å². The first-order valence-electron chi connectivity index (χ1n) is 9.97. The number of aryl methyl sites for hydroxylation is 2. The van der Waals surface area contributed by atoms with Crippen LogP contribution in [0, 0.1) is 5.82 Å². The molecule has 30 heavy (non-hydrogen) atoms. The van der Waals surface area contributed by atoms with Crippen molar-refractivity contribution in [2.75, 3.05) is 13.6 Å². The number of fused-ring (bicyclic) bond motifs is 1. The van der Waals surface area contributed by atoms with Crippen molar-refractivity contribution >= 4 is 27.5 Å². The highest BCUT2D eigenvalue weighted by Crippen LogP contribution is 2.22. The van der Waals surface area contributed by atoms with Crippen LogP contribution in [-0.2, 0) is 17.6 Å². The quantitative estimate of drug-likeness (QED) is 0.442. The van der Waals surface area contributed by atoms with Gasteiger partial charge in [0.15, 0.2) is 0 Å². The Morgan fingerprint density at radius 1 is 1.13 bits per heavy atom. The average Bonchev–Trinajstić information content (AvgIpc) is 3.39. The first kappa shape index (κ1) is 20.2. The summed E-state index contributed by atoms with van der Waals surface area (Å²) in [4.78, 5) is 18.8. The Morgan fingerprint density at radius 3 is 2.73 bits per heavy atom. The van der Waals surface area contributed by atoms with Crippen molar-refractivity contribution < 1.29 is 9.18 Å². The molecule has 7 heteroatoms. The molecule has 5 nitrogen and oxygen atoms in total. The van der Waals surface area contributed by atoms with Crippen LogP contribution < -0.4 is 0 Å². The summed E-state index contributed by atoms with van der Waals surface area (Å²) in [6.07, 6.45) is 2.78. The Kier molecular flexibility index (Phi) is 6.18. The number of nitrogens with one attached hydrogen (secondary N) is 1. The van der Waals surface area contributed by atoms with Crippen LogP contribution >= 0.6 is 11.3 Å². The van der Waals surface area contributed by atoms with Crippen molar-refractivity contribution in [2.24, 2.45) is 0 Å². The van der Waals surface area contributed by atoms with Gasteiger partial charge >= 0.3 is 0 Å². The predicted octanol–water partition coefficient (Wildman–Crippen LogP) is 4.85. The molecule has 0 fully saturated rings. The number of aromatic nitrogens is 3. The molecule has 2 aromatic carbocycles. The van der Waals surface area contributed by atoms with Gasteiger partial charge < -0.3 is 4.90 Å². The second-order valence-electron chi connectivity index (χ2n) is 7.28. The van der Waals surface area contributed by atoms with Gasteiger partial charge in [-0.15, -0.1) is 11.3 Å². The van der Waals surface area contributed by atoms with E-state index in [4.69, 9.17) is 0 Å². The highest BCUT2D eigenvalue weighted by atomic mass is 32.1. The zero-order chi connectivity index (χ0) is 20.9. The second kappa shape index (κ2) is 9.17. The first-order valence-corrected chi connectivity index (χ1v) is 10.8. The van der Waals surface area contributed by atoms with Gasteiger partial charge in [0.05, 0.1) is 20.9 Å². The van der Waals surface area contributed by atoms with Crippen molar-refractivity contribution in [1.29, 1.82) is 0 Å². The topological polar surface area (TPSA) is 61.9 Å². The number of thiazole rings is 1. The van der Waals surface area contributed by atoms with E-state index in [1.165, 1.54) is 12.1 Å². The number of halogens is 1. The number of para-hydroxylation sites is 1. The molecule has 0 radical (unpaired) electrons. The average molecular weight is 423 g/mol. The van der Waals surface area contributed by atoms with Crippen LogP contribution in [-0.4, -0.2) is 39.6 Å². The van der Waals surface area contributed by atoms with Crippen molar-refractivity contribution in [2.45, 2.75) is 25.7 Å². The molecule has 0 unspecified atom stereocenters. The lowest BCUT2D eigenvalue weighted by atomic mass is 10.1. The zero-order valence-corrected chi connectivity index (χ0v) is 17.6. The van der Waals surface area contributed by atoms with E-state index in [1.54, 1.807) is 28.4 Å². The minimum Gasteiger partial charge on any atom is -0.346 e. The third kappa shape index (κ3) is 4.91. The normalized spacial score (nSPS) is 11.1. The lowest BCUT2D eigenvalue weighted by molar-refractivity contribution is -0.129. The summed E-state index contributed by atoms with van der Waals surface area (Å²) in [6.45, 7) is 0.684. The summed E-state index contributed by atoms with van der Waals surface area (Å²) in [5, 5.41) is 8.33. The number of aromatic amines is 1. The largest absolute Gasteiger partial charge is 0.346 e. The fourth-order valence-corrected chi connectivity index (χ4v) is 4.29. The molecular formula is C23H23FN4OS. The molecule has 154 valence electrons. The summed E-state index contributed by atoms with van der Waals surface area (Å²) in [5.41, 5.74) is 3.67. The minimum atomic E-state index is -0.259. The van der Waals surface area contributed by atoms with Gasteiger partial charge in [-0.2, -0.15) is 5.10 Å². The molecule has 4 aromatic rings. The molecule has 0 saturated carbocycles. The van der Waals surface area contributed by atoms with Crippen LogP contribution in [0.1, 0.15) is 23.5 Å². The van der Waals surface area contributed by atoms with Gasteiger partial charge in [0.2, 0.25) is 5.91 Å². The molecule has 0 atom stereocenters. The van der Waals surface area contributed by atoms with Crippen LogP contribution in [0.3, 0.4) is 0 Å². The maximum absolute atomic E-state index is 13.1. The number of benzene rings is 2. The SMILES string of the molecule is CN(CCCc1cc(-c2ccc(F)cc2)n[nH]1)C(=O)CCc1nc2ccccc2s1. The minimum absolute atomic E-state index is 0.130. The zero-order valence-electron chi connectivity index (χ0n) is 16.8. The van der Waals surface area contributed by atoms with E-state index < -0.39 is 0 Å². The molecule has 0 aliphatic heterocycles. The van der Waals surface area contributed by atoms with Crippen LogP contribution in [0.15, 0.2) is 54.6 Å². The van der Waals surface area contributed by atoms with Gasteiger partial charge in [0.25, 0.3) is 0 Å². The van der Waals surface area contributed by atoms with E-state index in [0.717, 1.165) is 45.0 Å². The maximum atomic E-state index is 13.1. The molecule has 2 aromatic heterocycles. The Labute approximate surface area is 178 Å². The van der Waals surface area contributed by atoms with Crippen LogP contribution in [0.2, 0.25) is 0 Å². The van der Waals surface area contributed by atoms with Gasteiger partial charge in [0.1, 0.15) is 5.82 Å². The summed E-state index contributed by atoms with van der Waals surface area (Å²) >= 11 is 1.65. The van der Waals surface area contributed by atoms with Gasteiger partial charge in [-0.1, -0.05) is 12.1 Å². The highest BCUT2D eigenvalue weighted by molar-refractivity contribution is 7.18. The van der Waals surface area contributed by atoms with E-state index >= 15 is 0 Å². The number of H-pyrrole nitrogens is 1. The van der Waals surface area contributed by atoms with Crippen molar-refractivity contribution in [3.8, 4) is 11.3 Å². The molecule has 0 saturated heterocycles. The number of hydrogen-bond donors (Lipinski definition) is 1. The van der Waals surface area contributed by atoms with Crippen LogP contribution in [0.5, 0.6) is 0 Å². The molecule has 0 aliphatic rings. The molecule has 1 amide bonds. The monoisotopic (exact) mass is 422 g/mol. The fraction of sp³-hybridized carbons (Fsp3) is 0.261. The third-order valence-corrected chi connectivity index (χ3v) is 6.12. The lowest BCUT2D eigenvalue weighted by Crippen LogP contribution is -2.28. The smallest absolute Gasteiger partial charge is 0.222 e. The van der Waals surface area contributed by atoms with Crippen LogP contribution in [0.25, 0.3) is 21.5 Å². The first-order chi connectivity index (χ1) is 14.6. The number of carbonyl (C=O) groups excluding carboxylic acids is 1. The number of carbonyl (C=O) groups is 1. The molecule has 0 aliphatic carbocycles. The van der Waals surface area contributed by atoms with E-state index in [0.29, 0.717) is 19.4 Å². The Bertz CT molecular complexity index is 1100. The molecule has 0 bridgehead atoms. The predicted molar refractivity (Wildman–Crippen MR) is 118 cm³/mol. The van der Waals surface area contributed by atoms with Crippen LogP contribution in [0.4, 0.5) is 4.39 Å². The van der Waals surface area contributed by atoms with E-state index in [2.05, 4.69) is 21.2 Å². The molecule has 2 heterocycles. The standard InChI is InChI=1S/C23H23FN4OS/c1-28(23(29)13-12-22-25-19-6-2-3-7-21(19)30-22)14-4-5-18-15-20(27-26-18)16-8-10-17(24)11-9-16/h2-3,6-11,15H,4-5,12-14H2,1H3,(H,26,27). The number of rotatable bonds is 8. The highest BCUT2D eigenvalue weighted by Gasteiger charge is 2.11. The number of nitrogens with zero attached hydrogens (tertiary/aromatic N) is 3. The van der Waals surface area contributed by atoms with Gasteiger partial charge in [0, 0.05) is 37.7 Å². The molecule has 4 rings (SSSR count). The van der Waals surface area contributed by atoms with Crippen molar-refractivity contribution in [3.63, 3.8) is 0 Å². The molecule has 0 spiro atoms. The summed E-state index contributed by atoms with van der Waals surface area (Å²) in [7, 11) is 1.84. The Hall–Kier alpha value is -3.06. The lowest BCUT2D eigenvalue weighted by Gasteiger charge is -2.16. The van der Waals surface area contributed by atoms with E-state index in [-0.39, 0.29) is 11.7 Å². The van der Waals surface area contributed by atoms with E-state index in [9.17, 15) is 9.18 Å².